The summed E-state index contributed by atoms with van der Waals surface area (Å²) >= 11 is 0. The highest BCUT2D eigenvalue weighted by Gasteiger charge is 2.31. The largest absolute Gasteiger partial charge is 0.454 e. The summed E-state index contributed by atoms with van der Waals surface area (Å²) in [5, 5.41) is 0. The zero-order valence-corrected chi connectivity index (χ0v) is 16.4. The normalized spacial score (nSPS) is 20.3. The van der Waals surface area contributed by atoms with E-state index in [0.29, 0.717) is 44.7 Å². The minimum Gasteiger partial charge on any atom is -0.454 e. The number of pyridine rings is 1. The molecule has 162 valence electrons. The van der Waals surface area contributed by atoms with Crippen LogP contribution in [0.2, 0.25) is 0 Å². The summed E-state index contributed by atoms with van der Waals surface area (Å²) in [6.45, 7) is 1.34. The third kappa shape index (κ3) is 5.07. The van der Waals surface area contributed by atoms with Crippen LogP contribution >= 0.6 is 0 Å². The van der Waals surface area contributed by atoms with Gasteiger partial charge in [0.2, 0.25) is 11.9 Å². The molecule has 0 amide bonds. The number of alkyl halides is 3. The second-order valence-electron chi connectivity index (χ2n) is 7.21. The lowest BCUT2D eigenvalue weighted by molar-refractivity contribution is -0.154. The van der Waals surface area contributed by atoms with Crippen LogP contribution in [-0.4, -0.2) is 65.6 Å². The van der Waals surface area contributed by atoms with Gasteiger partial charge in [-0.15, -0.1) is 0 Å². The Kier molecular flexibility index (Phi) is 6.16. The van der Waals surface area contributed by atoms with Gasteiger partial charge in [-0.05, 0) is 30.9 Å². The van der Waals surface area contributed by atoms with Gasteiger partial charge in [-0.1, -0.05) is 6.07 Å². The Labute approximate surface area is 172 Å². The fraction of sp³-hybridized carbons (Fsp3) is 0.579. The lowest BCUT2D eigenvalue weighted by Gasteiger charge is -2.36. The maximum Gasteiger partial charge on any atom is 0.422 e. The van der Waals surface area contributed by atoms with Gasteiger partial charge < -0.3 is 19.3 Å². The van der Waals surface area contributed by atoms with Gasteiger partial charge in [0.15, 0.2) is 6.61 Å². The minimum absolute atomic E-state index is 0.0112. The molecule has 11 heteroatoms. The molecule has 0 unspecified atom stereocenters. The van der Waals surface area contributed by atoms with E-state index < -0.39 is 12.8 Å². The lowest BCUT2D eigenvalue weighted by Crippen LogP contribution is -2.39. The van der Waals surface area contributed by atoms with Crippen LogP contribution in [0.1, 0.15) is 30.9 Å². The highest BCUT2D eigenvalue weighted by Crippen LogP contribution is 2.34. The SMILES string of the molecule is FC(F)(F)COc1nc(N2CCOCC2)nc(N2CCCC[C@@H]2c2cccnc2)n1. The summed E-state index contributed by atoms with van der Waals surface area (Å²) in [7, 11) is 0. The number of rotatable bonds is 5. The van der Waals surface area contributed by atoms with E-state index in [0.717, 1.165) is 24.8 Å². The summed E-state index contributed by atoms with van der Waals surface area (Å²) < 4.78 is 48.3. The first-order valence-electron chi connectivity index (χ1n) is 9.94. The van der Waals surface area contributed by atoms with Gasteiger partial charge in [-0.2, -0.15) is 28.1 Å². The number of halogens is 3. The topological polar surface area (TPSA) is 76.5 Å². The van der Waals surface area contributed by atoms with Gasteiger partial charge in [0, 0.05) is 32.0 Å². The molecule has 2 aliphatic heterocycles. The molecule has 2 aromatic heterocycles. The first-order valence-corrected chi connectivity index (χ1v) is 9.94. The molecule has 0 aliphatic carbocycles. The average Bonchev–Trinajstić information content (AvgIpc) is 2.78. The molecular formula is C19H23F3N6O2. The van der Waals surface area contributed by atoms with Crippen molar-refractivity contribution in [2.24, 2.45) is 0 Å². The van der Waals surface area contributed by atoms with Crippen LogP contribution < -0.4 is 14.5 Å². The minimum atomic E-state index is -4.48. The first-order chi connectivity index (χ1) is 14.5. The molecule has 0 saturated carbocycles. The van der Waals surface area contributed by atoms with Crippen molar-refractivity contribution in [2.75, 3.05) is 49.3 Å². The number of nitrogens with zero attached hydrogens (tertiary/aromatic N) is 6. The van der Waals surface area contributed by atoms with Crippen molar-refractivity contribution in [3.63, 3.8) is 0 Å². The number of hydrogen-bond acceptors (Lipinski definition) is 8. The number of piperidine rings is 1. The molecule has 0 aromatic carbocycles. The van der Waals surface area contributed by atoms with Crippen molar-refractivity contribution in [1.82, 2.24) is 19.9 Å². The van der Waals surface area contributed by atoms with E-state index in [1.807, 2.05) is 21.9 Å². The summed E-state index contributed by atoms with van der Waals surface area (Å²) in [4.78, 5) is 21.0. The molecule has 0 radical (unpaired) electrons. The summed E-state index contributed by atoms with van der Waals surface area (Å²) in [6, 6.07) is 3.52. The summed E-state index contributed by atoms with van der Waals surface area (Å²) in [5.41, 5.74) is 1.02. The maximum absolute atomic E-state index is 12.7. The highest BCUT2D eigenvalue weighted by atomic mass is 19.4. The van der Waals surface area contributed by atoms with E-state index in [-0.39, 0.29) is 12.1 Å². The summed E-state index contributed by atoms with van der Waals surface area (Å²) in [6.07, 6.45) is 1.88. The lowest BCUT2D eigenvalue weighted by atomic mass is 9.97. The Balaban J connectivity index is 1.67. The molecular weight excluding hydrogens is 401 g/mol. The second-order valence-corrected chi connectivity index (χ2v) is 7.21. The van der Waals surface area contributed by atoms with E-state index in [4.69, 9.17) is 9.47 Å². The molecule has 2 aliphatic rings. The smallest absolute Gasteiger partial charge is 0.422 e. The van der Waals surface area contributed by atoms with Crippen LogP contribution in [0.5, 0.6) is 6.01 Å². The van der Waals surface area contributed by atoms with Gasteiger partial charge in [0.1, 0.15) is 0 Å². The molecule has 0 bridgehead atoms. The number of anilines is 2. The highest BCUT2D eigenvalue weighted by molar-refractivity contribution is 5.43. The van der Waals surface area contributed by atoms with E-state index >= 15 is 0 Å². The molecule has 1 atom stereocenters. The molecule has 0 spiro atoms. The van der Waals surface area contributed by atoms with Crippen molar-refractivity contribution in [1.29, 1.82) is 0 Å². The molecule has 8 nitrogen and oxygen atoms in total. The Morgan fingerprint density at radius 2 is 1.87 bits per heavy atom. The molecule has 4 heterocycles. The van der Waals surface area contributed by atoms with Gasteiger partial charge in [-0.25, -0.2) is 0 Å². The number of ether oxygens (including phenoxy) is 2. The van der Waals surface area contributed by atoms with Crippen molar-refractivity contribution in [3.8, 4) is 6.01 Å². The predicted molar refractivity (Wildman–Crippen MR) is 103 cm³/mol. The van der Waals surface area contributed by atoms with E-state index in [9.17, 15) is 13.2 Å². The van der Waals surface area contributed by atoms with Crippen LogP contribution in [0, 0.1) is 0 Å². The van der Waals surface area contributed by atoms with E-state index in [2.05, 4.69) is 19.9 Å². The average molecular weight is 424 g/mol. The number of morpholine rings is 1. The molecule has 0 N–H and O–H groups in total. The molecule has 2 saturated heterocycles. The van der Waals surface area contributed by atoms with Crippen LogP contribution in [0.4, 0.5) is 25.1 Å². The van der Waals surface area contributed by atoms with Crippen LogP contribution in [-0.2, 0) is 4.74 Å². The zero-order chi connectivity index (χ0) is 21.0. The van der Waals surface area contributed by atoms with Gasteiger partial charge in [-0.3, -0.25) is 4.98 Å². The summed E-state index contributed by atoms with van der Waals surface area (Å²) in [5.74, 6) is 0.619. The monoisotopic (exact) mass is 424 g/mol. The number of hydrogen-bond donors (Lipinski definition) is 0. The fourth-order valence-corrected chi connectivity index (χ4v) is 3.67. The second kappa shape index (κ2) is 8.99. The van der Waals surface area contributed by atoms with E-state index in [1.54, 1.807) is 12.4 Å². The van der Waals surface area contributed by atoms with E-state index in [1.165, 1.54) is 0 Å². The van der Waals surface area contributed by atoms with Gasteiger partial charge in [0.05, 0.1) is 19.3 Å². The van der Waals surface area contributed by atoms with Gasteiger partial charge >= 0.3 is 12.2 Å². The Hall–Kier alpha value is -2.69. The Bertz CT molecular complexity index is 833. The quantitative estimate of drug-likeness (QED) is 0.725. The fourth-order valence-electron chi connectivity index (χ4n) is 3.67. The standard InChI is InChI=1S/C19H23F3N6O2/c20-19(21,22)13-30-18-25-16(27-8-10-29-11-9-27)24-17(26-18)28-7-2-1-5-15(28)14-4-3-6-23-12-14/h3-4,6,12,15H,1-2,5,7-11,13H2/t15-/m1/s1. The van der Waals surface area contributed by atoms with Crippen molar-refractivity contribution < 1.29 is 22.6 Å². The Morgan fingerprint density at radius 1 is 1.07 bits per heavy atom. The maximum atomic E-state index is 12.7. The van der Waals surface area contributed by atoms with Crippen molar-refractivity contribution in [3.05, 3.63) is 30.1 Å². The molecule has 2 aromatic rings. The molecule has 2 fully saturated rings. The van der Waals surface area contributed by atoms with Crippen LogP contribution in [0.3, 0.4) is 0 Å². The molecule has 30 heavy (non-hydrogen) atoms. The zero-order valence-electron chi connectivity index (χ0n) is 16.4. The predicted octanol–water partition coefficient (Wildman–Crippen LogP) is 2.78. The first kappa shape index (κ1) is 20.6. The Morgan fingerprint density at radius 3 is 2.60 bits per heavy atom. The van der Waals surface area contributed by atoms with Crippen molar-refractivity contribution in [2.45, 2.75) is 31.5 Å². The number of aromatic nitrogens is 4. The molecule has 4 rings (SSSR count). The third-order valence-corrected chi connectivity index (χ3v) is 5.08. The van der Waals surface area contributed by atoms with Crippen LogP contribution in [0.15, 0.2) is 24.5 Å². The third-order valence-electron chi connectivity index (χ3n) is 5.08. The van der Waals surface area contributed by atoms with Gasteiger partial charge in [0.25, 0.3) is 0 Å². The van der Waals surface area contributed by atoms with Crippen LogP contribution in [0.25, 0.3) is 0 Å². The van der Waals surface area contributed by atoms with Crippen molar-refractivity contribution >= 4 is 11.9 Å².